The molecule has 0 amide bonds. The lowest BCUT2D eigenvalue weighted by atomic mass is 10.2. The second-order valence-electron chi connectivity index (χ2n) is 4.85. The third-order valence-electron chi connectivity index (χ3n) is 3.09. The van der Waals surface area contributed by atoms with E-state index >= 15 is 0 Å². The highest BCUT2D eigenvalue weighted by atomic mass is 35.5. The number of rotatable bonds is 3. The molecule has 2 aromatic rings. The summed E-state index contributed by atoms with van der Waals surface area (Å²) in [5.74, 6) is -2.29. The molecule has 0 spiro atoms. The molecule has 1 heterocycles. The highest BCUT2D eigenvalue weighted by Gasteiger charge is 2.33. The summed E-state index contributed by atoms with van der Waals surface area (Å²) in [6.07, 6.45) is -5.63. The van der Waals surface area contributed by atoms with Crippen molar-refractivity contribution in [2.45, 2.75) is 37.9 Å². The summed E-state index contributed by atoms with van der Waals surface area (Å²) in [4.78, 5) is 4.02. The molecule has 0 N–H and O–H groups in total. The zero-order valence-electron chi connectivity index (χ0n) is 11.2. The average Bonchev–Trinajstić information content (AvgIpc) is 2.72. The predicted molar refractivity (Wildman–Crippen MR) is 69.3 cm³/mol. The standard InChI is InChI=1S/C13H12ClF5N2/c1-6(5-13(17,18)19)21-11-9(20-12(21)7(2)14)4-3-8(15)10(11)16/h3-4,6-7H,5H2,1-2H3. The molecule has 2 atom stereocenters. The van der Waals surface area contributed by atoms with Crippen LogP contribution in [-0.4, -0.2) is 15.7 Å². The Kier molecular flexibility index (Phi) is 4.15. The molecule has 0 aliphatic carbocycles. The van der Waals surface area contributed by atoms with Gasteiger partial charge in [-0.3, -0.25) is 0 Å². The Morgan fingerprint density at radius 1 is 1.24 bits per heavy atom. The lowest BCUT2D eigenvalue weighted by Crippen LogP contribution is -2.19. The molecule has 2 unspecified atom stereocenters. The van der Waals surface area contributed by atoms with Gasteiger partial charge in [-0.15, -0.1) is 11.6 Å². The minimum absolute atomic E-state index is 0.0745. The van der Waals surface area contributed by atoms with Gasteiger partial charge in [0.25, 0.3) is 0 Å². The molecule has 1 aromatic heterocycles. The molecule has 0 saturated carbocycles. The Hall–Kier alpha value is -1.37. The van der Waals surface area contributed by atoms with E-state index in [1.807, 2.05) is 0 Å². The Balaban J connectivity index is 2.68. The molecule has 0 saturated heterocycles. The number of aromatic nitrogens is 2. The van der Waals surface area contributed by atoms with Crippen LogP contribution in [0.5, 0.6) is 0 Å². The van der Waals surface area contributed by atoms with Gasteiger partial charge < -0.3 is 4.57 Å². The van der Waals surface area contributed by atoms with Gasteiger partial charge in [0.05, 0.1) is 17.3 Å². The third-order valence-corrected chi connectivity index (χ3v) is 3.29. The first kappa shape index (κ1) is 16.0. The summed E-state index contributed by atoms with van der Waals surface area (Å²) in [5.41, 5.74) is -0.223. The molecule has 0 aliphatic heterocycles. The van der Waals surface area contributed by atoms with Gasteiger partial charge in [0, 0.05) is 6.04 Å². The monoisotopic (exact) mass is 326 g/mol. The van der Waals surface area contributed by atoms with E-state index in [0.29, 0.717) is 0 Å². The van der Waals surface area contributed by atoms with Crippen LogP contribution >= 0.6 is 11.6 Å². The van der Waals surface area contributed by atoms with Crippen LogP contribution in [0.2, 0.25) is 0 Å². The van der Waals surface area contributed by atoms with Crippen molar-refractivity contribution in [1.29, 1.82) is 0 Å². The average molecular weight is 327 g/mol. The van der Waals surface area contributed by atoms with Crippen LogP contribution in [-0.2, 0) is 0 Å². The molecule has 2 nitrogen and oxygen atoms in total. The number of alkyl halides is 4. The molecular weight excluding hydrogens is 315 g/mol. The first-order valence-electron chi connectivity index (χ1n) is 6.18. The number of fused-ring (bicyclic) bond motifs is 1. The minimum atomic E-state index is -4.44. The van der Waals surface area contributed by atoms with E-state index in [2.05, 4.69) is 4.98 Å². The molecule has 21 heavy (non-hydrogen) atoms. The van der Waals surface area contributed by atoms with Gasteiger partial charge in [-0.25, -0.2) is 13.8 Å². The maximum atomic E-state index is 14.0. The van der Waals surface area contributed by atoms with Crippen molar-refractivity contribution in [2.75, 3.05) is 0 Å². The second kappa shape index (κ2) is 5.44. The summed E-state index contributed by atoms with van der Waals surface area (Å²) in [6.45, 7) is 2.77. The first-order chi connectivity index (χ1) is 9.61. The van der Waals surface area contributed by atoms with Crippen LogP contribution in [0.1, 0.15) is 37.5 Å². The Morgan fingerprint density at radius 3 is 2.38 bits per heavy atom. The fourth-order valence-corrected chi connectivity index (χ4v) is 2.45. The molecule has 2 rings (SSSR count). The first-order valence-corrected chi connectivity index (χ1v) is 6.62. The van der Waals surface area contributed by atoms with Gasteiger partial charge >= 0.3 is 6.18 Å². The zero-order valence-corrected chi connectivity index (χ0v) is 11.9. The van der Waals surface area contributed by atoms with E-state index in [1.165, 1.54) is 19.9 Å². The predicted octanol–water partition coefficient (Wildman–Crippen LogP) is 5.13. The van der Waals surface area contributed by atoms with Gasteiger partial charge in [-0.05, 0) is 26.0 Å². The van der Waals surface area contributed by atoms with E-state index in [1.54, 1.807) is 0 Å². The van der Waals surface area contributed by atoms with Gasteiger partial charge in [-0.1, -0.05) is 0 Å². The van der Waals surface area contributed by atoms with E-state index in [0.717, 1.165) is 10.6 Å². The normalized spacial score (nSPS) is 15.4. The topological polar surface area (TPSA) is 17.8 Å². The van der Waals surface area contributed by atoms with Crippen molar-refractivity contribution in [2.24, 2.45) is 0 Å². The lowest BCUT2D eigenvalue weighted by Gasteiger charge is -2.20. The molecule has 0 aliphatic rings. The van der Waals surface area contributed by atoms with Crippen LogP contribution in [0.4, 0.5) is 22.0 Å². The van der Waals surface area contributed by atoms with Crippen molar-refractivity contribution >= 4 is 22.6 Å². The quantitative estimate of drug-likeness (QED) is 0.565. The van der Waals surface area contributed by atoms with E-state index in [-0.39, 0.29) is 16.9 Å². The summed E-state index contributed by atoms with van der Waals surface area (Å²) >= 11 is 5.91. The van der Waals surface area contributed by atoms with Crippen molar-refractivity contribution < 1.29 is 22.0 Å². The number of halogens is 6. The van der Waals surface area contributed by atoms with Crippen LogP contribution < -0.4 is 0 Å². The third kappa shape index (κ3) is 3.12. The number of benzene rings is 1. The SMILES string of the molecule is CC(Cl)c1nc2ccc(F)c(F)c2n1C(C)CC(F)(F)F. The fraction of sp³-hybridized carbons (Fsp3) is 0.462. The highest BCUT2D eigenvalue weighted by molar-refractivity contribution is 6.20. The molecule has 0 fully saturated rings. The molecule has 0 radical (unpaired) electrons. The second-order valence-corrected chi connectivity index (χ2v) is 5.51. The minimum Gasteiger partial charge on any atom is -0.321 e. The van der Waals surface area contributed by atoms with Crippen molar-refractivity contribution in [3.05, 3.63) is 29.6 Å². The highest BCUT2D eigenvalue weighted by Crippen LogP contribution is 2.35. The van der Waals surface area contributed by atoms with Gasteiger partial charge in [-0.2, -0.15) is 13.2 Å². The Labute approximate surface area is 122 Å². The van der Waals surface area contributed by atoms with Crippen LogP contribution in [0, 0.1) is 11.6 Å². The van der Waals surface area contributed by atoms with E-state index in [4.69, 9.17) is 11.6 Å². The van der Waals surface area contributed by atoms with Crippen molar-refractivity contribution in [1.82, 2.24) is 9.55 Å². The van der Waals surface area contributed by atoms with E-state index in [9.17, 15) is 22.0 Å². The van der Waals surface area contributed by atoms with Crippen molar-refractivity contribution in [3.8, 4) is 0 Å². The molecule has 116 valence electrons. The van der Waals surface area contributed by atoms with Crippen LogP contribution in [0.15, 0.2) is 12.1 Å². The van der Waals surface area contributed by atoms with Gasteiger partial charge in [0.1, 0.15) is 11.3 Å². The molecule has 0 bridgehead atoms. The Morgan fingerprint density at radius 2 is 1.86 bits per heavy atom. The van der Waals surface area contributed by atoms with Gasteiger partial charge in [0.15, 0.2) is 11.6 Å². The van der Waals surface area contributed by atoms with E-state index < -0.39 is 35.7 Å². The molecule has 8 heteroatoms. The maximum absolute atomic E-state index is 14.0. The van der Waals surface area contributed by atoms with Crippen LogP contribution in [0.25, 0.3) is 11.0 Å². The Bertz CT molecular complexity index is 663. The number of hydrogen-bond donors (Lipinski definition) is 0. The maximum Gasteiger partial charge on any atom is 0.391 e. The summed E-state index contributed by atoms with van der Waals surface area (Å²) < 4.78 is 66.1. The molecule has 1 aromatic carbocycles. The van der Waals surface area contributed by atoms with Crippen molar-refractivity contribution in [3.63, 3.8) is 0 Å². The fourth-order valence-electron chi connectivity index (χ4n) is 2.29. The van der Waals surface area contributed by atoms with Gasteiger partial charge in [0.2, 0.25) is 0 Å². The smallest absolute Gasteiger partial charge is 0.321 e. The largest absolute Gasteiger partial charge is 0.391 e. The zero-order chi connectivity index (χ0) is 15.9. The lowest BCUT2D eigenvalue weighted by molar-refractivity contribution is -0.141. The number of imidazole rings is 1. The number of nitrogens with zero attached hydrogens (tertiary/aromatic N) is 2. The summed E-state index contributed by atoms with van der Waals surface area (Å²) in [5, 5.41) is -0.740. The summed E-state index contributed by atoms with van der Waals surface area (Å²) in [7, 11) is 0. The molecular formula is C13H12ClF5N2. The summed E-state index contributed by atoms with van der Waals surface area (Å²) in [6, 6.07) is 0.946. The van der Waals surface area contributed by atoms with Crippen LogP contribution in [0.3, 0.4) is 0 Å². The number of hydrogen-bond acceptors (Lipinski definition) is 1.